The Labute approximate surface area is 127 Å². The second-order valence-corrected chi connectivity index (χ2v) is 7.69. The highest BCUT2D eigenvalue weighted by atomic mass is 32.2. The van der Waals surface area contributed by atoms with E-state index >= 15 is 0 Å². The molecule has 4 nitrogen and oxygen atoms in total. The van der Waals surface area contributed by atoms with E-state index in [-0.39, 0.29) is 6.04 Å². The normalized spacial score (nSPS) is 23.0. The van der Waals surface area contributed by atoms with E-state index in [0.29, 0.717) is 10.8 Å². The highest BCUT2D eigenvalue weighted by molar-refractivity contribution is 7.89. The van der Waals surface area contributed by atoms with E-state index in [1.807, 2.05) is 13.8 Å². The summed E-state index contributed by atoms with van der Waals surface area (Å²) in [4.78, 5) is 0.360. The fourth-order valence-electron chi connectivity index (χ4n) is 3.04. The van der Waals surface area contributed by atoms with E-state index in [1.165, 1.54) is 6.42 Å². The van der Waals surface area contributed by atoms with Crippen LogP contribution in [-0.4, -0.2) is 21.6 Å². The summed E-state index contributed by atoms with van der Waals surface area (Å²) in [6, 6.07) is 3.41. The minimum atomic E-state index is -3.48. The third-order valence-electron chi connectivity index (χ3n) is 4.62. The van der Waals surface area contributed by atoms with E-state index in [0.717, 1.165) is 36.1 Å². The summed E-state index contributed by atoms with van der Waals surface area (Å²) in [6.07, 6.45) is 4.31. The molecule has 0 radical (unpaired) electrons. The van der Waals surface area contributed by atoms with Crippen LogP contribution in [0.3, 0.4) is 0 Å². The fourth-order valence-corrected chi connectivity index (χ4v) is 4.72. The van der Waals surface area contributed by atoms with Gasteiger partial charge in [0.05, 0.1) is 12.0 Å². The number of sulfonamides is 1. The number of rotatable bonds is 4. The van der Waals surface area contributed by atoms with Gasteiger partial charge in [0.15, 0.2) is 0 Å². The molecule has 0 aliphatic heterocycles. The maximum Gasteiger partial charge on any atom is 0.241 e. The molecule has 21 heavy (non-hydrogen) atoms. The number of benzene rings is 1. The van der Waals surface area contributed by atoms with Crippen molar-refractivity contribution < 1.29 is 13.2 Å². The molecule has 0 bridgehead atoms. The van der Waals surface area contributed by atoms with E-state index in [4.69, 9.17) is 4.74 Å². The third-order valence-corrected chi connectivity index (χ3v) is 6.25. The van der Waals surface area contributed by atoms with Crippen molar-refractivity contribution in [2.24, 2.45) is 5.92 Å². The lowest BCUT2D eigenvalue weighted by molar-refractivity contribution is 0.310. The van der Waals surface area contributed by atoms with Crippen molar-refractivity contribution in [1.29, 1.82) is 0 Å². The molecule has 5 heteroatoms. The van der Waals surface area contributed by atoms with E-state index in [1.54, 1.807) is 19.2 Å². The molecule has 118 valence electrons. The summed E-state index contributed by atoms with van der Waals surface area (Å²) in [6.45, 7) is 5.84. The van der Waals surface area contributed by atoms with Gasteiger partial charge >= 0.3 is 0 Å². The van der Waals surface area contributed by atoms with Crippen LogP contribution in [-0.2, 0) is 10.0 Å². The van der Waals surface area contributed by atoms with Crippen LogP contribution in [0.1, 0.15) is 43.7 Å². The van der Waals surface area contributed by atoms with Crippen molar-refractivity contribution in [3.8, 4) is 5.75 Å². The SMILES string of the molecule is COc1ccc(S(=O)(=O)N[C@@H]2CCCC[C@@H]2C)c(C)c1C. The van der Waals surface area contributed by atoms with Gasteiger partial charge < -0.3 is 4.74 Å². The molecule has 1 aliphatic rings. The van der Waals surface area contributed by atoms with Crippen LogP contribution in [0.15, 0.2) is 17.0 Å². The van der Waals surface area contributed by atoms with Gasteiger partial charge in [-0.15, -0.1) is 0 Å². The Bertz CT molecular complexity index is 610. The van der Waals surface area contributed by atoms with Crippen LogP contribution < -0.4 is 9.46 Å². The summed E-state index contributed by atoms with van der Waals surface area (Å²) in [5.74, 6) is 1.12. The lowest BCUT2D eigenvalue weighted by atomic mass is 9.87. The predicted octanol–water partition coefficient (Wildman–Crippen LogP) is 3.17. The van der Waals surface area contributed by atoms with Crippen molar-refractivity contribution >= 4 is 10.0 Å². The standard InChI is InChI=1S/C16H25NO3S/c1-11-7-5-6-8-14(11)17-21(18,19)16-10-9-15(20-4)12(2)13(16)3/h9-11,14,17H,5-8H2,1-4H3/t11-,14+/m0/s1. The highest BCUT2D eigenvalue weighted by Gasteiger charge is 2.28. The Morgan fingerprint density at radius 2 is 1.81 bits per heavy atom. The molecule has 1 aromatic rings. The van der Waals surface area contributed by atoms with Gasteiger partial charge in [-0.1, -0.05) is 19.8 Å². The van der Waals surface area contributed by atoms with Crippen molar-refractivity contribution in [2.45, 2.75) is 57.4 Å². The van der Waals surface area contributed by atoms with E-state index in [9.17, 15) is 8.42 Å². The Morgan fingerprint density at radius 1 is 1.14 bits per heavy atom. The molecule has 1 N–H and O–H groups in total. The molecule has 1 aromatic carbocycles. The first-order chi connectivity index (χ1) is 9.86. The Morgan fingerprint density at radius 3 is 2.43 bits per heavy atom. The first-order valence-corrected chi connectivity index (χ1v) is 9.01. The summed E-state index contributed by atoms with van der Waals surface area (Å²) in [5.41, 5.74) is 1.63. The second-order valence-electron chi connectivity index (χ2n) is 6.01. The minimum Gasteiger partial charge on any atom is -0.496 e. The average Bonchev–Trinajstić information content (AvgIpc) is 2.44. The smallest absolute Gasteiger partial charge is 0.241 e. The van der Waals surface area contributed by atoms with Gasteiger partial charge in [0.2, 0.25) is 10.0 Å². The van der Waals surface area contributed by atoms with E-state index < -0.39 is 10.0 Å². The number of nitrogens with one attached hydrogen (secondary N) is 1. The minimum absolute atomic E-state index is 0.0468. The number of hydrogen-bond donors (Lipinski definition) is 1. The van der Waals surface area contributed by atoms with Gasteiger partial charge in [-0.2, -0.15) is 0 Å². The zero-order chi connectivity index (χ0) is 15.6. The average molecular weight is 311 g/mol. The highest BCUT2D eigenvalue weighted by Crippen LogP contribution is 2.29. The first kappa shape index (κ1) is 16.3. The van der Waals surface area contributed by atoms with Crippen LogP contribution >= 0.6 is 0 Å². The van der Waals surface area contributed by atoms with Gasteiger partial charge in [-0.25, -0.2) is 13.1 Å². The molecule has 1 aliphatic carbocycles. The maximum atomic E-state index is 12.7. The van der Waals surface area contributed by atoms with Crippen LogP contribution in [0, 0.1) is 19.8 Å². The predicted molar refractivity (Wildman–Crippen MR) is 84.2 cm³/mol. The Kier molecular flexibility index (Phi) is 4.94. The first-order valence-electron chi connectivity index (χ1n) is 7.53. The van der Waals surface area contributed by atoms with Crippen molar-refractivity contribution in [3.63, 3.8) is 0 Å². The molecule has 0 saturated heterocycles. The van der Waals surface area contributed by atoms with Crippen LogP contribution in [0.5, 0.6) is 5.75 Å². The molecule has 2 rings (SSSR count). The summed E-state index contributed by atoms with van der Waals surface area (Å²) in [5, 5.41) is 0. The lowest BCUT2D eigenvalue weighted by Crippen LogP contribution is -2.41. The quantitative estimate of drug-likeness (QED) is 0.929. The van der Waals surface area contributed by atoms with Crippen molar-refractivity contribution in [3.05, 3.63) is 23.3 Å². The molecular weight excluding hydrogens is 286 g/mol. The molecule has 0 aromatic heterocycles. The third kappa shape index (κ3) is 3.40. The van der Waals surface area contributed by atoms with Gasteiger partial charge in [0.25, 0.3) is 0 Å². The van der Waals surface area contributed by atoms with Crippen LogP contribution in [0.2, 0.25) is 0 Å². The molecule has 0 heterocycles. The zero-order valence-corrected chi connectivity index (χ0v) is 14.1. The molecule has 0 spiro atoms. The molecule has 0 amide bonds. The largest absolute Gasteiger partial charge is 0.496 e. The number of methoxy groups -OCH3 is 1. The Hall–Kier alpha value is -1.07. The van der Waals surface area contributed by atoms with Crippen LogP contribution in [0.25, 0.3) is 0 Å². The van der Waals surface area contributed by atoms with Gasteiger partial charge in [0, 0.05) is 6.04 Å². The zero-order valence-electron chi connectivity index (χ0n) is 13.3. The summed E-state index contributed by atoms with van der Waals surface area (Å²) < 4.78 is 33.5. The molecule has 2 atom stereocenters. The van der Waals surface area contributed by atoms with Crippen molar-refractivity contribution in [1.82, 2.24) is 4.72 Å². The summed E-state index contributed by atoms with van der Waals surface area (Å²) in [7, 11) is -1.88. The second kappa shape index (κ2) is 6.36. The fraction of sp³-hybridized carbons (Fsp3) is 0.625. The monoisotopic (exact) mass is 311 g/mol. The van der Waals surface area contributed by atoms with Gasteiger partial charge in [-0.3, -0.25) is 0 Å². The van der Waals surface area contributed by atoms with Gasteiger partial charge in [0.1, 0.15) is 5.75 Å². The number of ether oxygens (including phenoxy) is 1. The topological polar surface area (TPSA) is 55.4 Å². The van der Waals surface area contributed by atoms with Crippen LogP contribution in [0.4, 0.5) is 0 Å². The molecule has 0 unspecified atom stereocenters. The van der Waals surface area contributed by atoms with Gasteiger partial charge in [-0.05, 0) is 55.9 Å². The Balaban J connectivity index is 2.29. The molecule has 1 saturated carbocycles. The lowest BCUT2D eigenvalue weighted by Gasteiger charge is -2.29. The number of hydrogen-bond acceptors (Lipinski definition) is 3. The van der Waals surface area contributed by atoms with Crippen molar-refractivity contribution in [2.75, 3.05) is 7.11 Å². The molecular formula is C16H25NO3S. The van der Waals surface area contributed by atoms with E-state index in [2.05, 4.69) is 11.6 Å². The molecule has 1 fully saturated rings. The maximum absolute atomic E-state index is 12.7. The summed E-state index contributed by atoms with van der Waals surface area (Å²) >= 11 is 0.